The number of para-hydroxylation sites is 1. The maximum absolute atomic E-state index is 12.1. The van der Waals surface area contributed by atoms with Gasteiger partial charge in [0.25, 0.3) is 6.43 Å². The zero-order valence-electron chi connectivity index (χ0n) is 9.68. The lowest BCUT2D eigenvalue weighted by Gasteiger charge is -2.10. The number of aromatic nitrogens is 1. The van der Waals surface area contributed by atoms with Gasteiger partial charge < -0.3 is 10.4 Å². The van der Waals surface area contributed by atoms with Gasteiger partial charge in [0, 0.05) is 24.7 Å². The average molecular weight is 252 g/mol. The van der Waals surface area contributed by atoms with Crippen LogP contribution in [0.1, 0.15) is 5.56 Å². The van der Waals surface area contributed by atoms with Crippen molar-refractivity contribution in [1.82, 2.24) is 10.3 Å². The Kier molecular flexibility index (Phi) is 4.17. The molecule has 0 aliphatic rings. The summed E-state index contributed by atoms with van der Waals surface area (Å²) in [4.78, 5) is 4.26. The Morgan fingerprint density at radius 3 is 2.83 bits per heavy atom. The van der Waals surface area contributed by atoms with E-state index in [4.69, 9.17) is 5.11 Å². The zero-order valence-corrected chi connectivity index (χ0v) is 9.68. The number of nitrogens with zero attached hydrogens (tertiary/aromatic N) is 1. The summed E-state index contributed by atoms with van der Waals surface area (Å²) in [5.41, 5.74) is 1.80. The van der Waals surface area contributed by atoms with Crippen LogP contribution in [0.25, 0.3) is 10.9 Å². The largest absolute Gasteiger partial charge is 0.386 e. The van der Waals surface area contributed by atoms with Crippen molar-refractivity contribution in [1.29, 1.82) is 0 Å². The van der Waals surface area contributed by atoms with Gasteiger partial charge in [0.15, 0.2) is 0 Å². The number of fused-ring (bicyclic) bond motifs is 1. The normalized spacial score (nSPS) is 13.1. The van der Waals surface area contributed by atoms with E-state index in [2.05, 4.69) is 10.3 Å². The highest BCUT2D eigenvalue weighted by molar-refractivity contribution is 5.78. The minimum absolute atomic E-state index is 0.134. The molecule has 1 heterocycles. The first-order valence-electron chi connectivity index (χ1n) is 5.67. The number of pyridine rings is 1. The van der Waals surface area contributed by atoms with Crippen molar-refractivity contribution in [3.8, 4) is 0 Å². The number of hydrogen-bond acceptors (Lipinski definition) is 3. The highest BCUT2D eigenvalue weighted by atomic mass is 19.3. The third kappa shape index (κ3) is 3.21. The SMILES string of the molecule is OC(CNCc1cnc2ccccc2c1)C(F)F. The predicted octanol–water partition coefficient (Wildman–Crippen LogP) is 1.95. The summed E-state index contributed by atoms with van der Waals surface area (Å²) in [6, 6.07) is 9.63. The van der Waals surface area contributed by atoms with Crippen molar-refractivity contribution in [2.45, 2.75) is 19.1 Å². The van der Waals surface area contributed by atoms with Gasteiger partial charge in [-0.3, -0.25) is 4.98 Å². The standard InChI is InChI=1S/C13H14F2N2O/c14-13(15)12(18)8-16-6-9-5-10-3-1-2-4-11(10)17-7-9/h1-5,7,12-13,16,18H,6,8H2. The summed E-state index contributed by atoms with van der Waals surface area (Å²) in [5.74, 6) is 0. The van der Waals surface area contributed by atoms with Crippen LogP contribution in [-0.2, 0) is 6.54 Å². The van der Waals surface area contributed by atoms with Gasteiger partial charge in [0.2, 0.25) is 0 Å². The molecule has 0 fully saturated rings. The maximum Gasteiger partial charge on any atom is 0.265 e. The van der Waals surface area contributed by atoms with E-state index in [1.165, 1.54) is 0 Å². The molecule has 0 bridgehead atoms. The van der Waals surface area contributed by atoms with Gasteiger partial charge in [-0.2, -0.15) is 0 Å². The maximum atomic E-state index is 12.1. The molecule has 0 aliphatic carbocycles. The van der Waals surface area contributed by atoms with E-state index in [9.17, 15) is 8.78 Å². The molecule has 1 unspecified atom stereocenters. The van der Waals surface area contributed by atoms with Crippen LogP contribution < -0.4 is 5.32 Å². The van der Waals surface area contributed by atoms with Crippen LogP contribution in [0.2, 0.25) is 0 Å². The second-order valence-electron chi connectivity index (χ2n) is 4.07. The molecule has 0 aliphatic heterocycles. The second kappa shape index (κ2) is 5.84. The van der Waals surface area contributed by atoms with Gasteiger partial charge in [-0.1, -0.05) is 18.2 Å². The van der Waals surface area contributed by atoms with E-state index in [-0.39, 0.29) is 6.54 Å². The molecular weight excluding hydrogens is 238 g/mol. The summed E-state index contributed by atoms with van der Waals surface area (Å²) in [5, 5.41) is 12.7. The molecule has 1 aromatic heterocycles. The molecule has 0 radical (unpaired) electrons. The molecular formula is C13H14F2N2O. The Labute approximate surface area is 103 Å². The number of nitrogens with one attached hydrogen (secondary N) is 1. The Morgan fingerprint density at radius 2 is 2.06 bits per heavy atom. The van der Waals surface area contributed by atoms with Crippen LogP contribution in [0.3, 0.4) is 0 Å². The minimum atomic E-state index is -2.72. The van der Waals surface area contributed by atoms with Crippen LogP contribution in [0.15, 0.2) is 36.5 Å². The van der Waals surface area contributed by atoms with Gasteiger partial charge in [-0.05, 0) is 17.7 Å². The van der Waals surface area contributed by atoms with Crippen LogP contribution in [0.4, 0.5) is 8.78 Å². The first-order chi connectivity index (χ1) is 8.66. The van der Waals surface area contributed by atoms with E-state index in [1.807, 2.05) is 30.3 Å². The zero-order chi connectivity index (χ0) is 13.0. The lowest BCUT2D eigenvalue weighted by atomic mass is 10.1. The van der Waals surface area contributed by atoms with Crippen LogP contribution in [0.5, 0.6) is 0 Å². The second-order valence-corrected chi connectivity index (χ2v) is 4.07. The van der Waals surface area contributed by atoms with Gasteiger partial charge in [0.1, 0.15) is 6.10 Å². The third-order valence-electron chi connectivity index (χ3n) is 2.62. The van der Waals surface area contributed by atoms with Crippen LogP contribution in [0, 0.1) is 0 Å². The number of hydrogen-bond donors (Lipinski definition) is 2. The molecule has 1 aromatic carbocycles. The number of rotatable bonds is 5. The first-order valence-corrected chi connectivity index (χ1v) is 5.67. The Morgan fingerprint density at radius 1 is 1.28 bits per heavy atom. The van der Waals surface area contributed by atoms with Crippen molar-refractivity contribution < 1.29 is 13.9 Å². The van der Waals surface area contributed by atoms with E-state index in [0.717, 1.165) is 16.5 Å². The molecule has 1 atom stereocenters. The highest BCUT2D eigenvalue weighted by Crippen LogP contribution is 2.12. The third-order valence-corrected chi connectivity index (χ3v) is 2.62. The monoisotopic (exact) mass is 252 g/mol. The molecule has 2 N–H and O–H groups in total. The fourth-order valence-electron chi connectivity index (χ4n) is 1.67. The van der Waals surface area contributed by atoms with E-state index >= 15 is 0 Å². The lowest BCUT2D eigenvalue weighted by molar-refractivity contribution is -0.00340. The fourth-order valence-corrected chi connectivity index (χ4v) is 1.67. The molecule has 0 saturated heterocycles. The fraction of sp³-hybridized carbons (Fsp3) is 0.308. The number of aliphatic hydroxyl groups is 1. The summed E-state index contributed by atoms with van der Waals surface area (Å²) in [7, 11) is 0. The van der Waals surface area contributed by atoms with Crippen molar-refractivity contribution >= 4 is 10.9 Å². The van der Waals surface area contributed by atoms with Gasteiger partial charge in [0.05, 0.1) is 5.52 Å². The highest BCUT2D eigenvalue weighted by Gasteiger charge is 2.15. The summed E-state index contributed by atoms with van der Waals surface area (Å²) in [6.07, 6.45) is -2.64. The summed E-state index contributed by atoms with van der Waals surface area (Å²) >= 11 is 0. The molecule has 96 valence electrons. The molecule has 0 spiro atoms. The number of alkyl halides is 2. The number of halogens is 2. The minimum Gasteiger partial charge on any atom is -0.386 e. The number of aliphatic hydroxyl groups excluding tert-OH is 1. The van der Waals surface area contributed by atoms with Crippen LogP contribution >= 0.6 is 0 Å². The molecule has 2 rings (SSSR count). The lowest BCUT2D eigenvalue weighted by Crippen LogP contribution is -2.31. The average Bonchev–Trinajstić information content (AvgIpc) is 2.38. The molecule has 2 aromatic rings. The Balaban J connectivity index is 1.96. The van der Waals surface area contributed by atoms with Gasteiger partial charge in [-0.25, -0.2) is 8.78 Å². The molecule has 18 heavy (non-hydrogen) atoms. The molecule has 3 nitrogen and oxygen atoms in total. The van der Waals surface area contributed by atoms with Gasteiger partial charge in [-0.15, -0.1) is 0 Å². The van der Waals surface area contributed by atoms with Gasteiger partial charge >= 0.3 is 0 Å². The topological polar surface area (TPSA) is 45.1 Å². The number of benzene rings is 1. The van der Waals surface area contributed by atoms with Crippen molar-refractivity contribution in [3.05, 3.63) is 42.1 Å². The molecule has 0 amide bonds. The van der Waals surface area contributed by atoms with Crippen molar-refractivity contribution in [3.63, 3.8) is 0 Å². The van der Waals surface area contributed by atoms with E-state index < -0.39 is 12.5 Å². The Bertz CT molecular complexity index is 519. The van der Waals surface area contributed by atoms with Crippen molar-refractivity contribution in [2.24, 2.45) is 0 Å². The van der Waals surface area contributed by atoms with E-state index in [0.29, 0.717) is 6.54 Å². The first kappa shape index (κ1) is 12.9. The molecule has 5 heteroatoms. The predicted molar refractivity (Wildman–Crippen MR) is 65.5 cm³/mol. The Hall–Kier alpha value is -1.59. The van der Waals surface area contributed by atoms with Crippen LogP contribution in [-0.4, -0.2) is 29.2 Å². The summed E-state index contributed by atoms with van der Waals surface area (Å²) < 4.78 is 24.1. The van der Waals surface area contributed by atoms with Crippen molar-refractivity contribution in [2.75, 3.05) is 6.54 Å². The van der Waals surface area contributed by atoms with E-state index in [1.54, 1.807) is 6.20 Å². The summed E-state index contributed by atoms with van der Waals surface area (Å²) in [6.45, 7) is 0.270. The molecule has 0 saturated carbocycles. The quantitative estimate of drug-likeness (QED) is 0.855. The smallest absolute Gasteiger partial charge is 0.265 e.